The van der Waals surface area contributed by atoms with Gasteiger partial charge in [-0.2, -0.15) is 0 Å². The van der Waals surface area contributed by atoms with E-state index in [2.05, 4.69) is 9.88 Å². The van der Waals surface area contributed by atoms with Gasteiger partial charge in [-0.1, -0.05) is 30.3 Å². The van der Waals surface area contributed by atoms with Gasteiger partial charge in [0.15, 0.2) is 5.76 Å². The number of oxazole rings is 1. The van der Waals surface area contributed by atoms with E-state index in [0.29, 0.717) is 6.04 Å². The van der Waals surface area contributed by atoms with E-state index in [4.69, 9.17) is 10.2 Å². The van der Waals surface area contributed by atoms with Crippen molar-refractivity contribution >= 4 is 24.8 Å². The number of likely N-dealkylation sites (tertiary alicyclic amines) is 1. The maximum Gasteiger partial charge on any atom is 0.209 e. The Morgan fingerprint density at radius 1 is 1.25 bits per heavy atom. The van der Waals surface area contributed by atoms with Crippen LogP contribution >= 0.6 is 24.8 Å². The Morgan fingerprint density at radius 2 is 2.00 bits per heavy atom. The van der Waals surface area contributed by atoms with Crippen LogP contribution in [0.3, 0.4) is 0 Å². The molecule has 110 valence electrons. The highest BCUT2D eigenvalue weighted by molar-refractivity contribution is 5.85. The molecule has 6 heteroatoms. The van der Waals surface area contributed by atoms with Crippen molar-refractivity contribution in [3.8, 4) is 11.3 Å². The van der Waals surface area contributed by atoms with Gasteiger partial charge in [0, 0.05) is 24.7 Å². The molecule has 20 heavy (non-hydrogen) atoms. The van der Waals surface area contributed by atoms with Crippen LogP contribution in [0.1, 0.15) is 12.3 Å². The van der Waals surface area contributed by atoms with Crippen LogP contribution in [-0.2, 0) is 6.54 Å². The lowest BCUT2D eigenvalue weighted by Crippen LogP contribution is -2.26. The fourth-order valence-corrected chi connectivity index (χ4v) is 2.32. The maximum absolute atomic E-state index is 5.88. The fraction of sp³-hybridized carbons (Fsp3) is 0.357. The molecule has 0 spiro atoms. The molecule has 3 rings (SSSR count). The molecule has 0 amide bonds. The molecule has 0 bridgehead atoms. The van der Waals surface area contributed by atoms with E-state index in [1.165, 1.54) is 0 Å². The Kier molecular flexibility index (Phi) is 6.49. The topological polar surface area (TPSA) is 55.3 Å². The number of aromatic nitrogens is 1. The summed E-state index contributed by atoms with van der Waals surface area (Å²) >= 11 is 0. The molecule has 1 saturated heterocycles. The molecule has 1 fully saturated rings. The summed E-state index contributed by atoms with van der Waals surface area (Å²) in [5, 5.41) is 0. The fourth-order valence-electron chi connectivity index (χ4n) is 2.32. The molecule has 0 aliphatic carbocycles. The molecule has 4 nitrogen and oxygen atoms in total. The summed E-state index contributed by atoms with van der Waals surface area (Å²) in [6.45, 7) is 2.72. The zero-order valence-corrected chi connectivity index (χ0v) is 12.7. The summed E-state index contributed by atoms with van der Waals surface area (Å²) in [6, 6.07) is 10.3. The third kappa shape index (κ3) is 3.96. The van der Waals surface area contributed by atoms with E-state index in [9.17, 15) is 0 Å². The van der Waals surface area contributed by atoms with Gasteiger partial charge in [-0.05, 0) is 6.42 Å². The van der Waals surface area contributed by atoms with Crippen molar-refractivity contribution in [2.24, 2.45) is 5.73 Å². The van der Waals surface area contributed by atoms with Gasteiger partial charge >= 0.3 is 0 Å². The van der Waals surface area contributed by atoms with E-state index in [1.807, 2.05) is 30.3 Å². The Labute approximate surface area is 131 Å². The first-order valence-electron chi connectivity index (χ1n) is 6.29. The Balaban J connectivity index is 0.000001000. The SMILES string of the molecule is Cl.Cl.NC1CCN(Cc2ncc(-c3ccccc3)o2)C1. The van der Waals surface area contributed by atoms with Gasteiger partial charge in [0.2, 0.25) is 5.89 Å². The van der Waals surface area contributed by atoms with Crippen molar-refractivity contribution in [1.29, 1.82) is 0 Å². The lowest BCUT2D eigenvalue weighted by Gasteiger charge is -2.11. The average molecular weight is 316 g/mol. The van der Waals surface area contributed by atoms with Gasteiger partial charge in [0.1, 0.15) is 0 Å². The third-order valence-corrected chi connectivity index (χ3v) is 3.28. The minimum Gasteiger partial charge on any atom is -0.439 e. The van der Waals surface area contributed by atoms with Crippen molar-refractivity contribution in [1.82, 2.24) is 9.88 Å². The van der Waals surface area contributed by atoms with Crippen molar-refractivity contribution < 1.29 is 4.42 Å². The van der Waals surface area contributed by atoms with Crippen LogP contribution in [0, 0.1) is 0 Å². The van der Waals surface area contributed by atoms with E-state index in [1.54, 1.807) is 6.20 Å². The Hall–Kier alpha value is -1.07. The van der Waals surface area contributed by atoms with Crippen LogP contribution in [-0.4, -0.2) is 29.0 Å². The number of hydrogen-bond donors (Lipinski definition) is 1. The summed E-state index contributed by atoms with van der Waals surface area (Å²) in [7, 11) is 0. The predicted octanol–water partition coefficient (Wildman–Crippen LogP) is 2.72. The molecular formula is C14H19Cl2N3O. The highest BCUT2D eigenvalue weighted by atomic mass is 35.5. The Bertz CT molecular complexity index is 518. The monoisotopic (exact) mass is 315 g/mol. The first-order valence-corrected chi connectivity index (χ1v) is 6.29. The van der Waals surface area contributed by atoms with E-state index in [-0.39, 0.29) is 24.8 Å². The van der Waals surface area contributed by atoms with Crippen LogP contribution < -0.4 is 5.73 Å². The third-order valence-electron chi connectivity index (χ3n) is 3.28. The first-order chi connectivity index (χ1) is 8.81. The molecule has 2 N–H and O–H groups in total. The van der Waals surface area contributed by atoms with Crippen LogP contribution in [0.4, 0.5) is 0 Å². The number of nitrogens with zero attached hydrogens (tertiary/aromatic N) is 2. The minimum atomic E-state index is 0. The van der Waals surface area contributed by atoms with Gasteiger partial charge in [-0.3, -0.25) is 4.90 Å². The second-order valence-electron chi connectivity index (χ2n) is 4.77. The largest absolute Gasteiger partial charge is 0.439 e. The summed E-state index contributed by atoms with van der Waals surface area (Å²) < 4.78 is 5.77. The van der Waals surface area contributed by atoms with Crippen LogP contribution in [0.15, 0.2) is 40.9 Å². The molecule has 1 unspecified atom stereocenters. The normalized spacial score (nSPS) is 18.4. The maximum atomic E-state index is 5.88. The molecule has 1 aliphatic heterocycles. The minimum absolute atomic E-state index is 0. The van der Waals surface area contributed by atoms with E-state index in [0.717, 1.165) is 43.3 Å². The summed E-state index contributed by atoms with van der Waals surface area (Å²) in [5.41, 5.74) is 6.95. The molecule has 1 atom stereocenters. The van der Waals surface area contributed by atoms with Crippen molar-refractivity contribution in [3.63, 3.8) is 0 Å². The molecule has 2 heterocycles. The zero-order valence-electron chi connectivity index (χ0n) is 11.1. The summed E-state index contributed by atoms with van der Waals surface area (Å²) in [4.78, 5) is 6.61. The lowest BCUT2D eigenvalue weighted by atomic mass is 10.2. The zero-order chi connectivity index (χ0) is 12.4. The van der Waals surface area contributed by atoms with Crippen LogP contribution in [0.5, 0.6) is 0 Å². The lowest BCUT2D eigenvalue weighted by molar-refractivity contribution is 0.289. The van der Waals surface area contributed by atoms with Gasteiger partial charge < -0.3 is 10.2 Å². The molecule has 1 aromatic carbocycles. The number of benzene rings is 1. The standard InChI is InChI=1S/C14H17N3O.2ClH/c15-12-6-7-17(9-12)10-14-16-8-13(18-14)11-4-2-1-3-5-11;;/h1-5,8,12H,6-7,9-10,15H2;2*1H. The van der Waals surface area contributed by atoms with Crippen molar-refractivity contribution in [2.45, 2.75) is 19.0 Å². The van der Waals surface area contributed by atoms with Crippen molar-refractivity contribution in [3.05, 3.63) is 42.4 Å². The summed E-state index contributed by atoms with van der Waals surface area (Å²) in [6.07, 6.45) is 2.85. The van der Waals surface area contributed by atoms with Crippen LogP contribution in [0.2, 0.25) is 0 Å². The van der Waals surface area contributed by atoms with E-state index >= 15 is 0 Å². The van der Waals surface area contributed by atoms with E-state index < -0.39 is 0 Å². The number of nitrogens with two attached hydrogens (primary N) is 1. The Morgan fingerprint density at radius 3 is 2.65 bits per heavy atom. The molecule has 1 aliphatic rings. The van der Waals surface area contributed by atoms with Crippen molar-refractivity contribution in [2.75, 3.05) is 13.1 Å². The second-order valence-corrected chi connectivity index (χ2v) is 4.77. The molecule has 1 aromatic heterocycles. The van der Waals surface area contributed by atoms with Gasteiger partial charge in [-0.25, -0.2) is 4.98 Å². The first kappa shape index (κ1) is 17.0. The molecule has 0 radical (unpaired) electrons. The molecule has 0 saturated carbocycles. The highest BCUT2D eigenvalue weighted by Crippen LogP contribution is 2.21. The smallest absolute Gasteiger partial charge is 0.209 e. The van der Waals surface area contributed by atoms with Gasteiger partial charge in [-0.15, -0.1) is 24.8 Å². The van der Waals surface area contributed by atoms with Gasteiger partial charge in [0.25, 0.3) is 0 Å². The molecule has 2 aromatic rings. The quantitative estimate of drug-likeness (QED) is 0.946. The highest BCUT2D eigenvalue weighted by Gasteiger charge is 2.20. The number of hydrogen-bond acceptors (Lipinski definition) is 4. The number of halogens is 2. The van der Waals surface area contributed by atoms with Gasteiger partial charge in [0.05, 0.1) is 12.7 Å². The average Bonchev–Trinajstić information content (AvgIpc) is 3.01. The number of rotatable bonds is 3. The summed E-state index contributed by atoms with van der Waals surface area (Å²) in [5.74, 6) is 1.59. The second kappa shape index (κ2) is 7.64. The van der Waals surface area contributed by atoms with Crippen LogP contribution in [0.25, 0.3) is 11.3 Å². The predicted molar refractivity (Wildman–Crippen MR) is 84.3 cm³/mol. The molecular weight excluding hydrogens is 297 g/mol.